The van der Waals surface area contributed by atoms with E-state index in [2.05, 4.69) is 4.98 Å². The predicted molar refractivity (Wildman–Crippen MR) is 59.8 cm³/mol. The Hall–Kier alpha value is -1.42. The molecule has 0 unspecified atom stereocenters. The molecule has 0 saturated carbocycles. The first kappa shape index (κ1) is 11.1. The summed E-state index contributed by atoms with van der Waals surface area (Å²) in [4.78, 5) is 17.3. The Kier molecular flexibility index (Phi) is 2.92. The Balaban J connectivity index is 1.77. The minimum atomic E-state index is -0.674. The van der Waals surface area contributed by atoms with Crippen LogP contribution in [0.2, 0.25) is 0 Å². The van der Waals surface area contributed by atoms with Crippen molar-refractivity contribution in [2.75, 3.05) is 13.1 Å². The number of hydrogen-bond acceptors (Lipinski definition) is 3. The van der Waals surface area contributed by atoms with E-state index in [0.29, 0.717) is 19.5 Å². The molecule has 1 amide bonds. The standard InChI is InChI=1S/C12H16N2O2/c1-12(16)8-14(9-12)11(15)3-2-10-4-6-13-7-5-10/h4-7,16H,2-3,8-9H2,1H3. The number of hydrogen-bond donors (Lipinski definition) is 1. The molecule has 4 heteroatoms. The van der Waals surface area contributed by atoms with Crippen molar-refractivity contribution in [3.63, 3.8) is 0 Å². The minimum absolute atomic E-state index is 0.114. The molecule has 0 radical (unpaired) electrons. The van der Waals surface area contributed by atoms with Crippen molar-refractivity contribution in [3.05, 3.63) is 30.1 Å². The summed E-state index contributed by atoms with van der Waals surface area (Å²) in [6.07, 6.45) is 4.70. The number of carbonyl (C=O) groups is 1. The van der Waals surface area contributed by atoms with Crippen LogP contribution in [0.1, 0.15) is 18.9 Å². The quantitative estimate of drug-likeness (QED) is 0.812. The minimum Gasteiger partial charge on any atom is -0.386 e. The Morgan fingerprint density at radius 3 is 2.69 bits per heavy atom. The van der Waals surface area contributed by atoms with Crippen LogP contribution in [0.15, 0.2) is 24.5 Å². The lowest BCUT2D eigenvalue weighted by molar-refractivity contribution is -0.152. The van der Waals surface area contributed by atoms with E-state index in [1.807, 2.05) is 12.1 Å². The van der Waals surface area contributed by atoms with Crippen LogP contribution in [-0.2, 0) is 11.2 Å². The highest BCUT2D eigenvalue weighted by Gasteiger charge is 2.38. The smallest absolute Gasteiger partial charge is 0.223 e. The molecule has 1 aliphatic heterocycles. The fourth-order valence-electron chi connectivity index (χ4n) is 1.91. The van der Waals surface area contributed by atoms with E-state index in [0.717, 1.165) is 12.0 Å². The molecule has 0 aromatic carbocycles. The molecule has 2 heterocycles. The highest BCUT2D eigenvalue weighted by atomic mass is 16.3. The van der Waals surface area contributed by atoms with Crippen LogP contribution >= 0.6 is 0 Å². The maximum absolute atomic E-state index is 11.7. The number of nitrogens with zero attached hydrogens (tertiary/aromatic N) is 2. The Labute approximate surface area is 94.9 Å². The van der Waals surface area contributed by atoms with Gasteiger partial charge in [-0.2, -0.15) is 0 Å². The molecular formula is C12H16N2O2. The van der Waals surface area contributed by atoms with Crippen molar-refractivity contribution >= 4 is 5.91 Å². The summed E-state index contributed by atoms with van der Waals surface area (Å²) in [6, 6.07) is 3.83. The van der Waals surface area contributed by atoms with Crippen LogP contribution in [0, 0.1) is 0 Å². The summed E-state index contributed by atoms with van der Waals surface area (Å²) in [6.45, 7) is 2.67. The van der Waals surface area contributed by atoms with Gasteiger partial charge >= 0.3 is 0 Å². The average Bonchev–Trinajstić information content (AvgIpc) is 2.24. The van der Waals surface area contributed by atoms with E-state index in [1.165, 1.54) is 0 Å². The van der Waals surface area contributed by atoms with Gasteiger partial charge in [-0.05, 0) is 31.0 Å². The highest BCUT2D eigenvalue weighted by molar-refractivity contribution is 5.77. The molecule has 1 aromatic rings. The molecule has 1 saturated heterocycles. The van der Waals surface area contributed by atoms with Crippen LogP contribution in [-0.4, -0.2) is 39.6 Å². The van der Waals surface area contributed by atoms with Gasteiger partial charge in [0.05, 0.1) is 18.7 Å². The van der Waals surface area contributed by atoms with Gasteiger partial charge in [0, 0.05) is 18.8 Å². The topological polar surface area (TPSA) is 53.4 Å². The normalized spacial score (nSPS) is 18.0. The van der Waals surface area contributed by atoms with E-state index in [-0.39, 0.29) is 5.91 Å². The maximum Gasteiger partial charge on any atom is 0.223 e. The molecule has 0 bridgehead atoms. The highest BCUT2D eigenvalue weighted by Crippen LogP contribution is 2.20. The summed E-state index contributed by atoms with van der Waals surface area (Å²) in [5, 5.41) is 9.52. The van der Waals surface area contributed by atoms with Crippen LogP contribution in [0.25, 0.3) is 0 Å². The van der Waals surface area contributed by atoms with Gasteiger partial charge in [-0.1, -0.05) is 0 Å². The van der Waals surface area contributed by atoms with Crippen molar-refractivity contribution in [1.82, 2.24) is 9.88 Å². The Bertz CT molecular complexity index is 368. The number of carbonyl (C=O) groups excluding carboxylic acids is 1. The van der Waals surface area contributed by atoms with Crippen LogP contribution in [0.5, 0.6) is 0 Å². The third-order valence-corrected chi connectivity index (χ3v) is 2.79. The van der Waals surface area contributed by atoms with Crippen molar-refractivity contribution in [3.8, 4) is 0 Å². The van der Waals surface area contributed by atoms with Gasteiger partial charge in [-0.15, -0.1) is 0 Å². The second-order valence-corrected chi connectivity index (χ2v) is 4.60. The van der Waals surface area contributed by atoms with Gasteiger partial charge in [0.15, 0.2) is 0 Å². The fourth-order valence-corrected chi connectivity index (χ4v) is 1.91. The van der Waals surface area contributed by atoms with Gasteiger partial charge in [0.2, 0.25) is 5.91 Å². The summed E-state index contributed by atoms with van der Waals surface area (Å²) in [5.74, 6) is 0.114. The van der Waals surface area contributed by atoms with Crippen LogP contribution in [0.4, 0.5) is 0 Å². The summed E-state index contributed by atoms with van der Waals surface area (Å²) < 4.78 is 0. The van der Waals surface area contributed by atoms with Crippen LogP contribution in [0.3, 0.4) is 0 Å². The first-order chi connectivity index (χ1) is 7.57. The zero-order chi connectivity index (χ0) is 11.6. The second-order valence-electron chi connectivity index (χ2n) is 4.60. The second kappa shape index (κ2) is 4.22. The molecule has 1 fully saturated rings. The lowest BCUT2D eigenvalue weighted by Crippen LogP contribution is -2.61. The number of aliphatic hydroxyl groups is 1. The maximum atomic E-state index is 11.7. The van der Waals surface area contributed by atoms with E-state index >= 15 is 0 Å². The van der Waals surface area contributed by atoms with E-state index in [9.17, 15) is 9.90 Å². The Morgan fingerprint density at radius 2 is 2.12 bits per heavy atom. The molecule has 0 aliphatic carbocycles. The summed E-state index contributed by atoms with van der Waals surface area (Å²) in [5.41, 5.74) is 0.447. The number of amides is 1. The number of rotatable bonds is 3. The third-order valence-electron chi connectivity index (χ3n) is 2.79. The SMILES string of the molecule is CC1(O)CN(C(=O)CCc2ccncc2)C1. The molecule has 16 heavy (non-hydrogen) atoms. The Morgan fingerprint density at radius 1 is 1.50 bits per heavy atom. The molecule has 0 spiro atoms. The molecule has 4 nitrogen and oxygen atoms in total. The molecule has 1 aliphatic rings. The number of pyridine rings is 1. The fraction of sp³-hybridized carbons (Fsp3) is 0.500. The lowest BCUT2D eigenvalue weighted by atomic mass is 9.96. The van der Waals surface area contributed by atoms with Crippen molar-refractivity contribution < 1.29 is 9.90 Å². The number of aryl methyl sites for hydroxylation is 1. The zero-order valence-electron chi connectivity index (χ0n) is 9.39. The van der Waals surface area contributed by atoms with E-state index in [4.69, 9.17) is 0 Å². The van der Waals surface area contributed by atoms with Crippen molar-refractivity contribution in [2.24, 2.45) is 0 Å². The molecular weight excluding hydrogens is 204 g/mol. The van der Waals surface area contributed by atoms with Crippen molar-refractivity contribution in [2.45, 2.75) is 25.4 Å². The van der Waals surface area contributed by atoms with Gasteiger partial charge in [-0.3, -0.25) is 9.78 Å². The number of aromatic nitrogens is 1. The van der Waals surface area contributed by atoms with Crippen molar-refractivity contribution in [1.29, 1.82) is 0 Å². The van der Waals surface area contributed by atoms with E-state index < -0.39 is 5.60 Å². The summed E-state index contributed by atoms with van der Waals surface area (Å²) >= 11 is 0. The molecule has 2 rings (SSSR count). The molecule has 0 atom stereocenters. The van der Waals surface area contributed by atoms with E-state index in [1.54, 1.807) is 24.2 Å². The summed E-state index contributed by atoms with van der Waals surface area (Å²) in [7, 11) is 0. The third kappa shape index (κ3) is 2.58. The van der Waals surface area contributed by atoms with Gasteiger partial charge < -0.3 is 10.0 Å². The van der Waals surface area contributed by atoms with Gasteiger partial charge in [0.25, 0.3) is 0 Å². The number of likely N-dealkylation sites (tertiary alicyclic amines) is 1. The first-order valence-corrected chi connectivity index (χ1v) is 5.46. The van der Waals surface area contributed by atoms with Crippen LogP contribution < -0.4 is 0 Å². The number of β-amino-alcohol motifs (C(OH)–C–C–N with tert-alkyl or cyclic N) is 1. The monoisotopic (exact) mass is 220 g/mol. The predicted octanol–water partition coefficient (Wildman–Crippen LogP) is 0.607. The molecule has 86 valence electrons. The molecule has 1 N–H and O–H groups in total. The van der Waals surface area contributed by atoms with Gasteiger partial charge in [0.1, 0.15) is 0 Å². The zero-order valence-corrected chi connectivity index (χ0v) is 9.39. The lowest BCUT2D eigenvalue weighted by Gasteiger charge is -2.44. The first-order valence-electron chi connectivity index (χ1n) is 5.46. The molecule has 1 aromatic heterocycles. The van der Waals surface area contributed by atoms with Gasteiger partial charge in [-0.25, -0.2) is 0 Å². The average molecular weight is 220 g/mol. The largest absolute Gasteiger partial charge is 0.386 e.